The van der Waals surface area contributed by atoms with E-state index >= 15 is 0 Å². The lowest BCUT2D eigenvalue weighted by atomic mass is 10.2. The minimum absolute atomic E-state index is 0. The van der Waals surface area contributed by atoms with E-state index in [1.807, 2.05) is 6.07 Å². The van der Waals surface area contributed by atoms with E-state index in [0.717, 1.165) is 23.7 Å². The van der Waals surface area contributed by atoms with Crippen LogP contribution in [-0.4, -0.2) is 25.2 Å². The first-order valence-corrected chi connectivity index (χ1v) is 6.14. The zero-order valence-corrected chi connectivity index (χ0v) is 13.0. The van der Waals surface area contributed by atoms with Gasteiger partial charge in [-0.1, -0.05) is 12.8 Å². The highest BCUT2D eigenvalue weighted by Gasteiger charge is 2.16. The van der Waals surface area contributed by atoms with Gasteiger partial charge in [-0.25, -0.2) is 0 Å². The summed E-state index contributed by atoms with van der Waals surface area (Å²) in [5, 5.41) is 3.53. The summed E-state index contributed by atoms with van der Waals surface area (Å²) < 4.78 is 10.6. The molecule has 0 spiro atoms. The van der Waals surface area contributed by atoms with Crippen molar-refractivity contribution in [2.45, 2.75) is 38.3 Å². The summed E-state index contributed by atoms with van der Waals surface area (Å²) in [6.07, 6.45) is 6.96. The summed E-state index contributed by atoms with van der Waals surface area (Å²) in [6, 6.07) is 2.45. The molecular weight excluding hydrogens is 287 g/mol. The largest absolute Gasteiger partial charge is 0.493 e. The third-order valence-electron chi connectivity index (χ3n) is 3.28. The molecule has 1 heterocycles. The number of ether oxygens (including phenoxy) is 2. The van der Waals surface area contributed by atoms with Gasteiger partial charge in [0.25, 0.3) is 0 Å². The Kier molecular flexibility index (Phi) is 8.89. The fourth-order valence-electron chi connectivity index (χ4n) is 2.35. The molecule has 0 unspecified atom stereocenters. The standard InChI is InChI=1S/C13H20N2O2.2ClH/c1-16-12-7-8-14-11(13(12)17-2)9-15-10-5-3-4-6-10;;/h7-8,10,15H,3-6,9H2,1-2H3;2*1H. The van der Waals surface area contributed by atoms with Crippen molar-refractivity contribution in [1.29, 1.82) is 0 Å². The van der Waals surface area contributed by atoms with Crippen molar-refractivity contribution in [2.24, 2.45) is 0 Å². The first-order chi connectivity index (χ1) is 8.35. The van der Waals surface area contributed by atoms with Gasteiger partial charge >= 0.3 is 0 Å². The number of halogens is 2. The van der Waals surface area contributed by atoms with Gasteiger partial charge in [-0.05, 0) is 12.8 Å². The molecule has 0 saturated heterocycles. The van der Waals surface area contributed by atoms with E-state index in [-0.39, 0.29) is 24.8 Å². The number of methoxy groups -OCH3 is 2. The van der Waals surface area contributed by atoms with Crippen molar-refractivity contribution >= 4 is 24.8 Å². The van der Waals surface area contributed by atoms with Gasteiger partial charge < -0.3 is 14.8 Å². The molecule has 1 fully saturated rings. The second-order valence-corrected chi connectivity index (χ2v) is 4.36. The van der Waals surface area contributed by atoms with E-state index in [9.17, 15) is 0 Å². The Morgan fingerprint density at radius 1 is 1.21 bits per heavy atom. The van der Waals surface area contributed by atoms with Crippen LogP contribution in [0.5, 0.6) is 11.5 Å². The number of hydrogen-bond donors (Lipinski definition) is 1. The lowest BCUT2D eigenvalue weighted by Crippen LogP contribution is -2.26. The summed E-state index contributed by atoms with van der Waals surface area (Å²) in [7, 11) is 3.30. The van der Waals surface area contributed by atoms with E-state index in [1.165, 1.54) is 25.7 Å². The Balaban J connectivity index is 0.00000162. The first-order valence-electron chi connectivity index (χ1n) is 6.14. The fourth-order valence-corrected chi connectivity index (χ4v) is 2.35. The molecule has 1 aliphatic carbocycles. The monoisotopic (exact) mass is 308 g/mol. The third-order valence-corrected chi connectivity index (χ3v) is 3.28. The minimum atomic E-state index is 0. The molecule has 0 bridgehead atoms. The molecule has 0 amide bonds. The van der Waals surface area contributed by atoms with Crippen molar-refractivity contribution in [3.8, 4) is 11.5 Å². The molecule has 110 valence electrons. The molecule has 1 saturated carbocycles. The maximum Gasteiger partial charge on any atom is 0.183 e. The quantitative estimate of drug-likeness (QED) is 0.908. The number of nitrogens with zero attached hydrogens (tertiary/aromatic N) is 1. The maximum atomic E-state index is 5.36. The van der Waals surface area contributed by atoms with Crippen LogP contribution >= 0.6 is 24.8 Å². The van der Waals surface area contributed by atoms with Crippen molar-refractivity contribution in [3.05, 3.63) is 18.0 Å². The molecule has 1 aromatic heterocycles. The normalized spacial score (nSPS) is 14.4. The van der Waals surface area contributed by atoms with Gasteiger partial charge in [0, 0.05) is 24.8 Å². The molecule has 6 heteroatoms. The van der Waals surface area contributed by atoms with Crippen LogP contribution in [0.4, 0.5) is 0 Å². The number of rotatable bonds is 5. The highest BCUT2D eigenvalue weighted by atomic mass is 35.5. The molecule has 0 aliphatic heterocycles. The van der Waals surface area contributed by atoms with Crippen LogP contribution in [0.1, 0.15) is 31.4 Å². The molecular formula is C13H22Cl2N2O2. The van der Waals surface area contributed by atoms with Crippen molar-refractivity contribution < 1.29 is 9.47 Å². The smallest absolute Gasteiger partial charge is 0.183 e. The number of aromatic nitrogens is 1. The second kappa shape index (κ2) is 9.23. The van der Waals surface area contributed by atoms with Crippen LogP contribution in [0.15, 0.2) is 12.3 Å². The lowest BCUT2D eigenvalue weighted by molar-refractivity contribution is 0.347. The van der Waals surface area contributed by atoms with E-state index in [4.69, 9.17) is 9.47 Å². The molecule has 0 aromatic carbocycles. The maximum absolute atomic E-state index is 5.36. The highest BCUT2D eigenvalue weighted by molar-refractivity contribution is 5.85. The molecule has 1 aromatic rings. The van der Waals surface area contributed by atoms with Crippen LogP contribution in [-0.2, 0) is 6.54 Å². The molecule has 1 aliphatic rings. The lowest BCUT2D eigenvalue weighted by Gasteiger charge is -2.14. The van der Waals surface area contributed by atoms with Crippen molar-refractivity contribution in [2.75, 3.05) is 14.2 Å². The summed E-state index contributed by atoms with van der Waals surface area (Å²) in [5.41, 5.74) is 0.916. The molecule has 1 N–H and O–H groups in total. The average Bonchev–Trinajstić information content (AvgIpc) is 2.88. The molecule has 4 nitrogen and oxygen atoms in total. The van der Waals surface area contributed by atoms with Gasteiger partial charge in [-0.3, -0.25) is 4.98 Å². The van der Waals surface area contributed by atoms with Crippen molar-refractivity contribution in [3.63, 3.8) is 0 Å². The SMILES string of the molecule is COc1ccnc(CNC2CCCC2)c1OC.Cl.Cl. The predicted molar refractivity (Wildman–Crippen MR) is 80.9 cm³/mol. The van der Waals surface area contributed by atoms with Gasteiger partial charge in [-0.15, -0.1) is 24.8 Å². The number of hydrogen-bond acceptors (Lipinski definition) is 4. The zero-order valence-electron chi connectivity index (χ0n) is 11.3. The third kappa shape index (κ3) is 4.71. The summed E-state index contributed by atoms with van der Waals surface area (Å²) in [5.74, 6) is 1.48. The minimum Gasteiger partial charge on any atom is -0.493 e. The van der Waals surface area contributed by atoms with Gasteiger partial charge in [0.2, 0.25) is 0 Å². The molecule has 19 heavy (non-hydrogen) atoms. The number of nitrogens with one attached hydrogen (secondary N) is 1. The van der Waals surface area contributed by atoms with Gasteiger partial charge in [0.05, 0.1) is 19.9 Å². The van der Waals surface area contributed by atoms with Gasteiger partial charge in [-0.2, -0.15) is 0 Å². The second-order valence-electron chi connectivity index (χ2n) is 4.36. The molecule has 0 atom stereocenters. The zero-order chi connectivity index (χ0) is 12.1. The van der Waals surface area contributed by atoms with E-state index < -0.39 is 0 Å². The topological polar surface area (TPSA) is 43.4 Å². The van der Waals surface area contributed by atoms with E-state index in [0.29, 0.717) is 6.04 Å². The van der Waals surface area contributed by atoms with Gasteiger partial charge in [0.1, 0.15) is 0 Å². The Bertz CT molecular complexity index is 372. The Hall–Kier alpha value is -0.710. The first kappa shape index (κ1) is 18.3. The van der Waals surface area contributed by atoms with Crippen LogP contribution in [0.25, 0.3) is 0 Å². The Morgan fingerprint density at radius 3 is 2.47 bits per heavy atom. The predicted octanol–water partition coefficient (Wildman–Crippen LogP) is 2.97. The van der Waals surface area contributed by atoms with Crippen molar-refractivity contribution in [1.82, 2.24) is 10.3 Å². The van der Waals surface area contributed by atoms with E-state index in [2.05, 4.69) is 10.3 Å². The Morgan fingerprint density at radius 2 is 1.89 bits per heavy atom. The highest BCUT2D eigenvalue weighted by Crippen LogP contribution is 2.29. The van der Waals surface area contributed by atoms with Gasteiger partial charge in [0.15, 0.2) is 11.5 Å². The fraction of sp³-hybridized carbons (Fsp3) is 0.615. The number of pyridine rings is 1. The Labute approximate surface area is 127 Å². The summed E-state index contributed by atoms with van der Waals surface area (Å²) >= 11 is 0. The van der Waals surface area contributed by atoms with Crippen LogP contribution in [0.2, 0.25) is 0 Å². The van der Waals surface area contributed by atoms with Crippen LogP contribution in [0, 0.1) is 0 Å². The van der Waals surface area contributed by atoms with Crippen LogP contribution < -0.4 is 14.8 Å². The molecule has 0 radical (unpaired) electrons. The van der Waals surface area contributed by atoms with Crippen LogP contribution in [0.3, 0.4) is 0 Å². The molecule has 2 rings (SSSR count). The average molecular weight is 309 g/mol. The summed E-state index contributed by atoms with van der Waals surface area (Å²) in [6.45, 7) is 0.741. The van der Waals surface area contributed by atoms with E-state index in [1.54, 1.807) is 20.4 Å². The summed E-state index contributed by atoms with van der Waals surface area (Å²) in [4.78, 5) is 4.35.